The Bertz CT molecular complexity index is 733. The van der Waals surface area contributed by atoms with Gasteiger partial charge in [-0.2, -0.15) is 0 Å². The number of para-hydroxylation sites is 1. The van der Waals surface area contributed by atoms with Crippen molar-refractivity contribution in [3.05, 3.63) is 46.8 Å². The van der Waals surface area contributed by atoms with Crippen LogP contribution in [0.5, 0.6) is 5.75 Å². The van der Waals surface area contributed by atoms with Crippen LogP contribution < -0.4 is 4.74 Å². The van der Waals surface area contributed by atoms with Crippen molar-refractivity contribution in [1.29, 1.82) is 0 Å². The highest BCUT2D eigenvalue weighted by molar-refractivity contribution is 5.82. The molecule has 1 saturated heterocycles. The monoisotopic (exact) mass is 341 g/mol. The second-order valence-electron chi connectivity index (χ2n) is 6.82. The third kappa shape index (κ3) is 3.14. The zero-order valence-electron chi connectivity index (χ0n) is 14.7. The maximum absolute atomic E-state index is 12.8. The molecule has 132 valence electrons. The molecule has 1 atom stereocenters. The van der Waals surface area contributed by atoms with Gasteiger partial charge in [-0.25, -0.2) is 0 Å². The summed E-state index contributed by atoms with van der Waals surface area (Å²) in [7, 11) is 0. The van der Waals surface area contributed by atoms with Crippen LogP contribution in [0.4, 0.5) is 0 Å². The number of benzene rings is 1. The topological polar surface area (TPSA) is 58.8 Å². The summed E-state index contributed by atoms with van der Waals surface area (Å²) in [4.78, 5) is 17.0. The van der Waals surface area contributed by atoms with Gasteiger partial charge < -0.3 is 14.2 Å². The Morgan fingerprint density at radius 2 is 1.96 bits per heavy atom. The Hall–Kier alpha value is -2.34. The third-order valence-corrected chi connectivity index (χ3v) is 5.17. The Kier molecular flexibility index (Phi) is 4.21. The van der Waals surface area contributed by atoms with E-state index in [1.165, 1.54) is 0 Å². The molecule has 4 rings (SSSR count). The zero-order chi connectivity index (χ0) is 17.4. The number of amides is 1. The molecule has 2 aromatic rings. The van der Waals surface area contributed by atoms with Crippen molar-refractivity contribution in [1.82, 2.24) is 15.0 Å². The molecular formula is C19H23N3O3. The van der Waals surface area contributed by atoms with E-state index in [0.717, 1.165) is 61.1 Å². The number of hydrogen-bond acceptors (Lipinski definition) is 5. The SMILES string of the molecule is Cc1noc(C)c1CN1CCN(C(=O)[C@@H]2Cc3ccccc3O2)CC1. The van der Waals surface area contributed by atoms with E-state index in [0.29, 0.717) is 6.42 Å². The van der Waals surface area contributed by atoms with Crippen molar-refractivity contribution in [2.45, 2.75) is 32.9 Å². The number of aryl methyl sites for hydroxylation is 2. The molecule has 1 fully saturated rings. The summed E-state index contributed by atoms with van der Waals surface area (Å²) in [6.45, 7) is 7.93. The predicted molar refractivity (Wildman–Crippen MR) is 92.4 cm³/mol. The predicted octanol–water partition coefficient (Wildman–Crippen LogP) is 1.94. The van der Waals surface area contributed by atoms with Gasteiger partial charge in [0.15, 0.2) is 6.10 Å². The summed E-state index contributed by atoms with van der Waals surface area (Å²) in [5.74, 6) is 1.83. The summed E-state index contributed by atoms with van der Waals surface area (Å²) in [5.41, 5.74) is 3.24. The van der Waals surface area contributed by atoms with Crippen LogP contribution in [-0.4, -0.2) is 53.1 Å². The van der Waals surface area contributed by atoms with Crippen molar-refractivity contribution >= 4 is 5.91 Å². The van der Waals surface area contributed by atoms with Crippen LogP contribution >= 0.6 is 0 Å². The van der Waals surface area contributed by atoms with Crippen molar-refractivity contribution in [2.24, 2.45) is 0 Å². The molecule has 0 aliphatic carbocycles. The first-order valence-electron chi connectivity index (χ1n) is 8.79. The molecule has 1 aromatic heterocycles. The van der Waals surface area contributed by atoms with Gasteiger partial charge in [-0.3, -0.25) is 9.69 Å². The maximum atomic E-state index is 12.8. The number of carbonyl (C=O) groups is 1. The summed E-state index contributed by atoms with van der Waals surface area (Å²) in [6.07, 6.45) is 0.306. The average molecular weight is 341 g/mol. The van der Waals surface area contributed by atoms with Crippen LogP contribution in [0.1, 0.15) is 22.6 Å². The summed E-state index contributed by atoms with van der Waals surface area (Å²) < 4.78 is 11.1. The van der Waals surface area contributed by atoms with Gasteiger partial charge >= 0.3 is 0 Å². The van der Waals surface area contributed by atoms with Gasteiger partial charge in [-0.15, -0.1) is 0 Å². The molecule has 3 heterocycles. The van der Waals surface area contributed by atoms with E-state index in [1.54, 1.807) is 0 Å². The minimum atomic E-state index is -0.369. The molecule has 0 radical (unpaired) electrons. The second-order valence-corrected chi connectivity index (χ2v) is 6.82. The van der Waals surface area contributed by atoms with Gasteiger partial charge in [0.05, 0.1) is 5.69 Å². The molecule has 1 aromatic carbocycles. The summed E-state index contributed by atoms with van der Waals surface area (Å²) >= 11 is 0. The quantitative estimate of drug-likeness (QED) is 0.854. The first-order valence-corrected chi connectivity index (χ1v) is 8.79. The molecule has 1 amide bonds. The van der Waals surface area contributed by atoms with E-state index >= 15 is 0 Å². The fourth-order valence-electron chi connectivity index (χ4n) is 3.60. The lowest BCUT2D eigenvalue weighted by molar-refractivity contribution is -0.139. The fourth-order valence-corrected chi connectivity index (χ4v) is 3.60. The molecule has 6 heteroatoms. The lowest BCUT2D eigenvalue weighted by atomic mass is 10.1. The summed E-state index contributed by atoms with van der Waals surface area (Å²) in [6, 6.07) is 7.90. The van der Waals surface area contributed by atoms with Gasteiger partial charge in [-0.05, 0) is 25.5 Å². The lowest BCUT2D eigenvalue weighted by Gasteiger charge is -2.35. The Morgan fingerprint density at radius 3 is 2.64 bits per heavy atom. The first kappa shape index (κ1) is 16.1. The minimum Gasteiger partial charge on any atom is -0.480 e. The zero-order valence-corrected chi connectivity index (χ0v) is 14.7. The molecule has 0 spiro atoms. The maximum Gasteiger partial charge on any atom is 0.264 e. The number of piperazine rings is 1. The molecule has 0 unspecified atom stereocenters. The van der Waals surface area contributed by atoms with Gasteiger partial charge in [0, 0.05) is 44.7 Å². The van der Waals surface area contributed by atoms with E-state index in [4.69, 9.17) is 9.26 Å². The van der Waals surface area contributed by atoms with E-state index in [9.17, 15) is 4.79 Å². The number of fused-ring (bicyclic) bond motifs is 1. The highest BCUT2D eigenvalue weighted by Gasteiger charge is 2.33. The van der Waals surface area contributed by atoms with Crippen LogP contribution in [0, 0.1) is 13.8 Å². The number of ether oxygens (including phenoxy) is 1. The highest BCUT2D eigenvalue weighted by atomic mass is 16.5. The summed E-state index contributed by atoms with van der Waals surface area (Å²) in [5, 5.41) is 4.01. The van der Waals surface area contributed by atoms with E-state index in [-0.39, 0.29) is 12.0 Å². The van der Waals surface area contributed by atoms with Gasteiger partial charge in [0.25, 0.3) is 5.91 Å². The molecule has 25 heavy (non-hydrogen) atoms. The molecule has 6 nitrogen and oxygen atoms in total. The smallest absolute Gasteiger partial charge is 0.264 e. The number of hydrogen-bond donors (Lipinski definition) is 0. The first-order chi connectivity index (χ1) is 12.1. The van der Waals surface area contributed by atoms with E-state index in [2.05, 4.69) is 10.1 Å². The minimum absolute atomic E-state index is 0.105. The second kappa shape index (κ2) is 6.52. The molecule has 0 bridgehead atoms. The van der Waals surface area contributed by atoms with Crippen LogP contribution in [0.2, 0.25) is 0 Å². The fraction of sp³-hybridized carbons (Fsp3) is 0.474. The standard InChI is InChI=1S/C19H23N3O3/c1-13-16(14(2)25-20-13)12-21-7-9-22(10-8-21)19(23)18-11-15-5-3-4-6-17(15)24-18/h3-6,18H,7-12H2,1-2H3/t18-/m0/s1. The van der Waals surface area contributed by atoms with Crippen LogP contribution in [-0.2, 0) is 17.8 Å². The molecule has 2 aliphatic rings. The number of carbonyl (C=O) groups excluding carboxylic acids is 1. The van der Waals surface area contributed by atoms with Crippen molar-refractivity contribution < 1.29 is 14.1 Å². The number of nitrogens with zero attached hydrogens (tertiary/aromatic N) is 3. The van der Waals surface area contributed by atoms with Crippen LogP contribution in [0.15, 0.2) is 28.8 Å². The largest absolute Gasteiger partial charge is 0.480 e. The van der Waals surface area contributed by atoms with E-state index < -0.39 is 0 Å². The number of rotatable bonds is 3. The normalized spacial score (nSPS) is 20.4. The van der Waals surface area contributed by atoms with E-state index in [1.807, 2.05) is 43.0 Å². The highest BCUT2D eigenvalue weighted by Crippen LogP contribution is 2.29. The third-order valence-electron chi connectivity index (χ3n) is 5.17. The van der Waals surface area contributed by atoms with Gasteiger partial charge in [-0.1, -0.05) is 23.4 Å². The van der Waals surface area contributed by atoms with Crippen LogP contribution in [0.3, 0.4) is 0 Å². The van der Waals surface area contributed by atoms with Crippen LogP contribution in [0.25, 0.3) is 0 Å². The Labute approximate surface area is 147 Å². The van der Waals surface area contributed by atoms with Crippen molar-refractivity contribution in [3.63, 3.8) is 0 Å². The molecule has 0 N–H and O–H groups in total. The Morgan fingerprint density at radius 1 is 1.20 bits per heavy atom. The van der Waals surface area contributed by atoms with Gasteiger partial charge in [0.2, 0.25) is 0 Å². The molecule has 2 aliphatic heterocycles. The van der Waals surface area contributed by atoms with Crippen molar-refractivity contribution in [3.8, 4) is 5.75 Å². The van der Waals surface area contributed by atoms with Crippen molar-refractivity contribution in [2.75, 3.05) is 26.2 Å². The molecular weight excluding hydrogens is 318 g/mol. The number of aromatic nitrogens is 1. The van der Waals surface area contributed by atoms with Gasteiger partial charge in [0.1, 0.15) is 11.5 Å². The Balaban J connectivity index is 1.32. The average Bonchev–Trinajstić information content (AvgIpc) is 3.20. The molecule has 0 saturated carbocycles. The lowest BCUT2D eigenvalue weighted by Crippen LogP contribution is -2.52.